The third kappa shape index (κ3) is 2.25. The van der Waals surface area contributed by atoms with Crippen molar-refractivity contribution in [3.8, 4) is 11.3 Å². The van der Waals surface area contributed by atoms with Crippen molar-refractivity contribution in [1.29, 1.82) is 0 Å². The Balaban J connectivity index is 1.79. The molecule has 1 aliphatic rings. The van der Waals surface area contributed by atoms with Crippen LogP contribution in [0.15, 0.2) is 78.9 Å². The van der Waals surface area contributed by atoms with Gasteiger partial charge < -0.3 is 9.30 Å². The van der Waals surface area contributed by atoms with Crippen molar-refractivity contribution in [2.45, 2.75) is 6.23 Å². The third-order valence-corrected chi connectivity index (χ3v) is 5.04. The zero-order chi connectivity index (χ0) is 17.7. The molecule has 0 bridgehead atoms. The van der Waals surface area contributed by atoms with Crippen molar-refractivity contribution in [1.82, 2.24) is 4.57 Å². The van der Waals surface area contributed by atoms with E-state index in [1.165, 1.54) is 0 Å². The fourth-order valence-electron chi connectivity index (χ4n) is 3.59. The van der Waals surface area contributed by atoms with Crippen LogP contribution in [0.3, 0.4) is 0 Å². The number of aromatic nitrogens is 1. The van der Waals surface area contributed by atoms with Crippen molar-refractivity contribution in [3.05, 3.63) is 95.0 Å². The Morgan fingerprint density at radius 3 is 2.46 bits per heavy atom. The van der Waals surface area contributed by atoms with E-state index in [0.29, 0.717) is 10.6 Å². The zero-order valence-corrected chi connectivity index (χ0v) is 14.5. The van der Waals surface area contributed by atoms with Crippen LogP contribution in [-0.2, 0) is 4.74 Å². The fourth-order valence-corrected chi connectivity index (χ4v) is 3.72. The first-order valence-electron chi connectivity index (χ1n) is 8.38. The highest BCUT2D eigenvalue weighted by atomic mass is 35.5. The Morgan fingerprint density at radius 1 is 0.885 bits per heavy atom. The molecule has 1 atom stereocenters. The van der Waals surface area contributed by atoms with Gasteiger partial charge in [-0.1, -0.05) is 60.1 Å². The summed E-state index contributed by atoms with van der Waals surface area (Å²) in [5.41, 5.74) is 4.53. The molecule has 0 radical (unpaired) electrons. The number of rotatable bonds is 2. The summed E-state index contributed by atoms with van der Waals surface area (Å²) in [5.74, 6) is -0.287. The summed E-state index contributed by atoms with van der Waals surface area (Å²) in [6, 6.07) is 25.5. The lowest BCUT2D eigenvalue weighted by atomic mass is 10.1. The number of hydrogen-bond donors (Lipinski definition) is 0. The van der Waals surface area contributed by atoms with Gasteiger partial charge in [-0.25, -0.2) is 4.79 Å². The lowest BCUT2D eigenvalue weighted by Gasteiger charge is -2.18. The summed E-state index contributed by atoms with van der Waals surface area (Å²) in [7, 11) is 0. The van der Waals surface area contributed by atoms with Gasteiger partial charge in [-0.05, 0) is 35.9 Å². The molecular weight excluding hydrogens is 346 g/mol. The maximum Gasteiger partial charge on any atom is 0.340 e. The van der Waals surface area contributed by atoms with E-state index in [-0.39, 0.29) is 5.97 Å². The molecule has 1 aliphatic heterocycles. The molecule has 0 amide bonds. The summed E-state index contributed by atoms with van der Waals surface area (Å²) in [5, 5.41) is 1.78. The van der Waals surface area contributed by atoms with Crippen LogP contribution in [0.2, 0.25) is 5.02 Å². The molecule has 1 aromatic heterocycles. The molecule has 0 saturated carbocycles. The minimum atomic E-state index is -0.482. The number of halogens is 1. The Labute approximate surface area is 155 Å². The highest BCUT2D eigenvalue weighted by Gasteiger charge is 2.33. The van der Waals surface area contributed by atoms with E-state index in [1.807, 2.05) is 66.7 Å². The van der Waals surface area contributed by atoms with E-state index < -0.39 is 6.23 Å². The first-order chi connectivity index (χ1) is 12.7. The van der Waals surface area contributed by atoms with E-state index >= 15 is 0 Å². The normalized spacial score (nSPS) is 15.9. The summed E-state index contributed by atoms with van der Waals surface area (Å²) < 4.78 is 7.85. The van der Waals surface area contributed by atoms with Crippen LogP contribution in [0.25, 0.3) is 22.2 Å². The van der Waals surface area contributed by atoms with Crippen LogP contribution in [0.4, 0.5) is 0 Å². The van der Waals surface area contributed by atoms with Crippen molar-refractivity contribution >= 4 is 28.5 Å². The summed E-state index contributed by atoms with van der Waals surface area (Å²) in [6.45, 7) is 0. The predicted molar refractivity (Wildman–Crippen MR) is 102 cm³/mol. The molecule has 5 rings (SSSR count). The van der Waals surface area contributed by atoms with Gasteiger partial charge in [0.25, 0.3) is 0 Å². The van der Waals surface area contributed by atoms with Crippen molar-refractivity contribution < 1.29 is 9.53 Å². The minimum Gasteiger partial charge on any atom is -0.433 e. The van der Waals surface area contributed by atoms with E-state index in [1.54, 1.807) is 0 Å². The molecule has 4 aromatic rings. The maximum atomic E-state index is 12.3. The molecule has 0 fully saturated rings. The van der Waals surface area contributed by atoms with E-state index in [0.717, 1.165) is 27.7 Å². The first kappa shape index (κ1) is 15.2. The van der Waals surface area contributed by atoms with Gasteiger partial charge in [-0.15, -0.1) is 0 Å². The van der Waals surface area contributed by atoms with Gasteiger partial charge >= 0.3 is 5.97 Å². The van der Waals surface area contributed by atoms with Gasteiger partial charge in [0.15, 0.2) is 0 Å². The molecule has 126 valence electrons. The molecule has 4 heteroatoms. The van der Waals surface area contributed by atoms with E-state index in [2.05, 4.69) is 16.7 Å². The second-order valence-electron chi connectivity index (χ2n) is 6.31. The number of esters is 1. The van der Waals surface area contributed by atoms with E-state index in [9.17, 15) is 4.79 Å². The first-order valence-corrected chi connectivity index (χ1v) is 8.76. The van der Waals surface area contributed by atoms with Gasteiger partial charge in [-0.3, -0.25) is 0 Å². The summed E-state index contributed by atoms with van der Waals surface area (Å²) >= 11 is 6.05. The quantitative estimate of drug-likeness (QED) is 0.431. The molecule has 2 heterocycles. The van der Waals surface area contributed by atoms with E-state index in [4.69, 9.17) is 16.3 Å². The number of hydrogen-bond acceptors (Lipinski definition) is 2. The second-order valence-corrected chi connectivity index (χ2v) is 6.75. The number of ether oxygens (including phenoxy) is 1. The molecule has 1 unspecified atom stereocenters. The number of cyclic esters (lactones) is 1. The third-order valence-electron chi connectivity index (χ3n) is 4.79. The molecule has 26 heavy (non-hydrogen) atoms. The Bertz CT molecular complexity index is 1140. The number of carbonyl (C=O) groups is 1. The van der Waals surface area contributed by atoms with Gasteiger partial charge in [0.1, 0.15) is 0 Å². The van der Waals surface area contributed by atoms with Crippen LogP contribution < -0.4 is 0 Å². The molecule has 3 nitrogen and oxygen atoms in total. The van der Waals surface area contributed by atoms with Crippen molar-refractivity contribution in [2.75, 3.05) is 0 Å². The van der Waals surface area contributed by atoms with Crippen LogP contribution in [-0.4, -0.2) is 10.5 Å². The number of nitrogens with zero attached hydrogens (tertiary/aromatic N) is 1. The zero-order valence-electron chi connectivity index (χ0n) is 13.7. The monoisotopic (exact) mass is 359 g/mol. The lowest BCUT2D eigenvalue weighted by molar-refractivity contribution is 0.0335. The predicted octanol–water partition coefficient (Wildman–Crippen LogP) is 5.68. The smallest absolute Gasteiger partial charge is 0.340 e. The minimum absolute atomic E-state index is 0.287. The van der Waals surface area contributed by atoms with Crippen LogP contribution in [0, 0.1) is 0 Å². The fraction of sp³-hybridized carbons (Fsp3) is 0.0455. The SMILES string of the molecule is O=C1OC(n2c(-c3ccc(Cl)cc3)cc3ccccc32)c2ccccc21. The van der Waals surface area contributed by atoms with Crippen LogP contribution in [0.1, 0.15) is 22.1 Å². The standard InChI is InChI=1S/C22H14ClNO2/c23-16-11-9-14(10-12-16)20-13-15-5-1-4-8-19(15)24(20)21-17-6-2-3-7-18(17)22(25)26-21/h1-13,21H. The molecule has 0 aliphatic carbocycles. The van der Waals surface area contributed by atoms with Crippen LogP contribution in [0.5, 0.6) is 0 Å². The maximum absolute atomic E-state index is 12.3. The largest absolute Gasteiger partial charge is 0.433 e. The number of fused-ring (bicyclic) bond motifs is 2. The average molecular weight is 360 g/mol. The van der Waals surface area contributed by atoms with Gasteiger partial charge in [-0.2, -0.15) is 0 Å². The van der Waals surface area contributed by atoms with Crippen molar-refractivity contribution in [3.63, 3.8) is 0 Å². The molecule has 0 N–H and O–H groups in total. The highest BCUT2D eigenvalue weighted by molar-refractivity contribution is 6.30. The van der Waals surface area contributed by atoms with Crippen molar-refractivity contribution in [2.24, 2.45) is 0 Å². The Hall–Kier alpha value is -3.04. The highest BCUT2D eigenvalue weighted by Crippen LogP contribution is 2.39. The Morgan fingerprint density at radius 2 is 1.62 bits per heavy atom. The summed E-state index contributed by atoms with van der Waals surface area (Å²) in [6.07, 6.45) is -0.482. The Kier molecular flexibility index (Phi) is 3.37. The summed E-state index contributed by atoms with van der Waals surface area (Å²) in [4.78, 5) is 12.3. The number of carbonyl (C=O) groups excluding carboxylic acids is 1. The van der Waals surface area contributed by atoms with Gasteiger partial charge in [0, 0.05) is 16.0 Å². The average Bonchev–Trinajstić information content (AvgIpc) is 3.21. The van der Waals surface area contributed by atoms with Gasteiger partial charge in [0.2, 0.25) is 6.23 Å². The molecule has 0 spiro atoms. The van der Waals surface area contributed by atoms with Crippen LogP contribution >= 0.6 is 11.6 Å². The molecule has 3 aromatic carbocycles. The topological polar surface area (TPSA) is 31.2 Å². The number of benzene rings is 3. The van der Waals surface area contributed by atoms with Gasteiger partial charge in [0.05, 0.1) is 16.8 Å². The molecular formula is C22H14ClNO2. The second kappa shape index (κ2) is 5.75. The number of para-hydroxylation sites is 1. The lowest BCUT2D eigenvalue weighted by Crippen LogP contribution is -2.11. The molecule has 0 saturated heterocycles.